The first-order chi connectivity index (χ1) is 6.00. The first-order valence-corrected chi connectivity index (χ1v) is 3.46. The maximum Gasteiger partial charge on any atom is 0.221 e. The molecule has 2 N–H and O–H groups in total. The summed E-state index contributed by atoms with van der Waals surface area (Å²) in [5.74, 6) is -3.12. The van der Waals surface area contributed by atoms with Crippen molar-refractivity contribution in [1.82, 2.24) is 0 Å². The fraction of sp³-hybridized carbons (Fsp3) is 0.125. The second-order valence-electron chi connectivity index (χ2n) is 2.47. The van der Waals surface area contributed by atoms with Gasteiger partial charge in [-0.3, -0.25) is 4.79 Å². The van der Waals surface area contributed by atoms with Gasteiger partial charge in [0.05, 0.1) is 0 Å². The Morgan fingerprint density at radius 1 is 1.38 bits per heavy atom. The van der Waals surface area contributed by atoms with Gasteiger partial charge in [0.25, 0.3) is 0 Å². The van der Waals surface area contributed by atoms with E-state index in [4.69, 9.17) is 5.11 Å². The lowest BCUT2D eigenvalue weighted by molar-refractivity contribution is -0.114. The smallest absolute Gasteiger partial charge is 0.221 e. The van der Waals surface area contributed by atoms with Gasteiger partial charge in [0.15, 0.2) is 11.6 Å². The Morgan fingerprint density at radius 2 is 1.85 bits per heavy atom. The number of halogens is 2. The van der Waals surface area contributed by atoms with Gasteiger partial charge in [-0.15, -0.1) is 0 Å². The molecule has 0 aliphatic rings. The minimum absolute atomic E-state index is 0.524. The van der Waals surface area contributed by atoms with Crippen LogP contribution >= 0.6 is 0 Å². The summed E-state index contributed by atoms with van der Waals surface area (Å²) in [6.07, 6.45) is 0. The number of rotatable bonds is 1. The molecule has 1 amide bonds. The lowest BCUT2D eigenvalue weighted by Gasteiger charge is -2.05. The molecule has 0 fully saturated rings. The van der Waals surface area contributed by atoms with Crippen LogP contribution in [0.5, 0.6) is 5.75 Å². The molecule has 5 heteroatoms. The second kappa shape index (κ2) is 3.38. The largest absolute Gasteiger partial charge is 0.508 e. The van der Waals surface area contributed by atoms with Gasteiger partial charge in [-0.25, -0.2) is 8.78 Å². The van der Waals surface area contributed by atoms with Crippen LogP contribution in [-0.2, 0) is 4.79 Å². The van der Waals surface area contributed by atoms with Gasteiger partial charge >= 0.3 is 0 Å². The average Bonchev–Trinajstić information content (AvgIpc) is 1.96. The average molecular weight is 187 g/mol. The Hall–Kier alpha value is -1.65. The highest BCUT2D eigenvalue weighted by molar-refractivity contribution is 5.89. The molecule has 0 bridgehead atoms. The van der Waals surface area contributed by atoms with Crippen LogP contribution in [0.2, 0.25) is 0 Å². The molecule has 0 aromatic heterocycles. The molecule has 0 spiro atoms. The predicted octanol–water partition coefficient (Wildman–Crippen LogP) is 1.63. The summed E-state index contributed by atoms with van der Waals surface area (Å²) in [5, 5.41) is 10.7. The summed E-state index contributed by atoms with van der Waals surface area (Å²) in [4.78, 5) is 10.5. The van der Waals surface area contributed by atoms with Crippen molar-refractivity contribution < 1.29 is 18.7 Å². The number of phenolic OH excluding ortho intramolecular Hbond substituents is 1. The summed E-state index contributed by atoms with van der Waals surface area (Å²) in [5.41, 5.74) is -0.551. The van der Waals surface area contributed by atoms with Crippen molar-refractivity contribution in [1.29, 1.82) is 0 Å². The van der Waals surface area contributed by atoms with E-state index in [1.54, 1.807) is 0 Å². The molecule has 0 saturated carbocycles. The van der Waals surface area contributed by atoms with Crippen molar-refractivity contribution >= 4 is 11.6 Å². The van der Waals surface area contributed by atoms with Gasteiger partial charge < -0.3 is 10.4 Å². The number of hydrogen-bond acceptors (Lipinski definition) is 2. The van der Waals surface area contributed by atoms with Gasteiger partial charge in [0, 0.05) is 19.1 Å². The summed E-state index contributed by atoms with van der Waals surface area (Å²) < 4.78 is 25.7. The van der Waals surface area contributed by atoms with Crippen LogP contribution in [0.1, 0.15) is 6.92 Å². The van der Waals surface area contributed by atoms with Crippen LogP contribution in [-0.4, -0.2) is 11.0 Å². The summed E-state index contributed by atoms with van der Waals surface area (Å²) in [6.45, 7) is 1.13. The normalized spacial score (nSPS) is 9.77. The second-order valence-corrected chi connectivity index (χ2v) is 2.47. The lowest BCUT2D eigenvalue weighted by Crippen LogP contribution is -2.09. The van der Waals surface area contributed by atoms with E-state index in [2.05, 4.69) is 0 Å². The topological polar surface area (TPSA) is 49.3 Å². The minimum Gasteiger partial charge on any atom is -0.508 e. The zero-order valence-electron chi connectivity index (χ0n) is 6.77. The third-order valence-electron chi connectivity index (χ3n) is 1.33. The maximum atomic E-state index is 12.9. The number of aromatic hydroxyl groups is 1. The van der Waals surface area contributed by atoms with E-state index in [0.717, 1.165) is 6.92 Å². The highest BCUT2D eigenvalue weighted by Gasteiger charge is 2.11. The number of carbonyl (C=O) groups is 1. The zero-order valence-corrected chi connectivity index (χ0v) is 6.77. The number of hydrogen-bond donors (Lipinski definition) is 2. The monoisotopic (exact) mass is 187 g/mol. The van der Waals surface area contributed by atoms with E-state index in [9.17, 15) is 13.6 Å². The third kappa shape index (κ3) is 2.14. The molecule has 0 radical (unpaired) electrons. The number of nitrogens with one attached hydrogen (secondary N) is 1. The fourth-order valence-electron chi connectivity index (χ4n) is 0.855. The Kier molecular flexibility index (Phi) is 2.46. The van der Waals surface area contributed by atoms with E-state index < -0.39 is 29.0 Å². The van der Waals surface area contributed by atoms with Crippen molar-refractivity contribution in [2.24, 2.45) is 0 Å². The Morgan fingerprint density at radius 3 is 2.23 bits per heavy atom. The Balaban J connectivity index is 3.13. The molecule has 0 atom stereocenters. The third-order valence-corrected chi connectivity index (χ3v) is 1.33. The molecule has 0 unspecified atom stereocenters. The van der Waals surface area contributed by atoms with Crippen molar-refractivity contribution in [2.45, 2.75) is 6.92 Å². The number of benzene rings is 1. The molecular formula is C8H7F2NO2. The molecule has 0 saturated heterocycles. The van der Waals surface area contributed by atoms with E-state index in [1.165, 1.54) is 0 Å². The molecule has 1 aromatic rings. The quantitative estimate of drug-likeness (QED) is 0.656. The van der Waals surface area contributed by atoms with Crippen LogP contribution in [0.4, 0.5) is 14.5 Å². The maximum absolute atomic E-state index is 12.9. The van der Waals surface area contributed by atoms with Crippen LogP contribution < -0.4 is 5.32 Å². The Bertz CT molecular complexity index is 329. The SMILES string of the molecule is CC(=O)Nc1c(F)cc(O)cc1F. The molecule has 0 aliphatic heterocycles. The molecule has 1 aromatic carbocycles. The predicted molar refractivity (Wildman–Crippen MR) is 42.3 cm³/mol. The molecule has 13 heavy (non-hydrogen) atoms. The van der Waals surface area contributed by atoms with E-state index in [-0.39, 0.29) is 0 Å². The molecule has 0 aliphatic carbocycles. The number of phenols is 1. The Labute approximate surface area is 73.0 Å². The number of carbonyl (C=O) groups excluding carboxylic acids is 1. The van der Waals surface area contributed by atoms with Crippen molar-refractivity contribution in [2.75, 3.05) is 5.32 Å². The van der Waals surface area contributed by atoms with Crippen LogP contribution in [0.3, 0.4) is 0 Å². The van der Waals surface area contributed by atoms with Gasteiger partial charge in [-0.1, -0.05) is 0 Å². The van der Waals surface area contributed by atoms with Crippen molar-refractivity contribution in [3.63, 3.8) is 0 Å². The van der Waals surface area contributed by atoms with E-state index >= 15 is 0 Å². The number of amides is 1. The summed E-state index contributed by atoms with van der Waals surface area (Å²) in [7, 11) is 0. The minimum atomic E-state index is -1.01. The van der Waals surface area contributed by atoms with E-state index in [0.29, 0.717) is 12.1 Å². The lowest BCUT2D eigenvalue weighted by atomic mass is 10.2. The van der Waals surface area contributed by atoms with Crippen molar-refractivity contribution in [3.8, 4) is 5.75 Å². The van der Waals surface area contributed by atoms with Gasteiger partial charge in [-0.2, -0.15) is 0 Å². The molecular weight excluding hydrogens is 180 g/mol. The number of anilines is 1. The first-order valence-electron chi connectivity index (χ1n) is 3.46. The first kappa shape index (κ1) is 9.44. The van der Waals surface area contributed by atoms with E-state index in [1.807, 2.05) is 5.32 Å². The highest BCUT2D eigenvalue weighted by Crippen LogP contribution is 2.23. The molecule has 0 heterocycles. The highest BCUT2D eigenvalue weighted by atomic mass is 19.1. The van der Waals surface area contributed by atoms with Crippen LogP contribution in [0.25, 0.3) is 0 Å². The van der Waals surface area contributed by atoms with Gasteiger partial charge in [-0.05, 0) is 0 Å². The molecule has 3 nitrogen and oxygen atoms in total. The van der Waals surface area contributed by atoms with Crippen molar-refractivity contribution in [3.05, 3.63) is 23.8 Å². The van der Waals surface area contributed by atoms with Crippen LogP contribution in [0, 0.1) is 11.6 Å². The fourth-order valence-corrected chi connectivity index (χ4v) is 0.855. The van der Waals surface area contributed by atoms with Crippen LogP contribution in [0.15, 0.2) is 12.1 Å². The summed E-state index contributed by atoms with van der Waals surface area (Å²) in [6, 6.07) is 1.43. The molecule has 70 valence electrons. The summed E-state index contributed by atoms with van der Waals surface area (Å²) >= 11 is 0. The van der Waals surface area contributed by atoms with Gasteiger partial charge in [0.2, 0.25) is 5.91 Å². The van der Waals surface area contributed by atoms with Gasteiger partial charge in [0.1, 0.15) is 11.4 Å². The molecule has 1 rings (SSSR count). The zero-order chi connectivity index (χ0) is 10.0. The standard InChI is InChI=1S/C8H7F2NO2/c1-4(12)11-8-6(9)2-5(13)3-7(8)10/h2-3,13H,1H3,(H,11,12).